The number of halogens is 1. The van der Waals surface area contributed by atoms with E-state index in [1.807, 2.05) is 12.1 Å². The van der Waals surface area contributed by atoms with Crippen LogP contribution in [0.25, 0.3) is 5.57 Å². The molecule has 0 spiro atoms. The van der Waals surface area contributed by atoms with Crippen LogP contribution in [0.2, 0.25) is 0 Å². The predicted octanol–water partition coefficient (Wildman–Crippen LogP) is 2.66. The van der Waals surface area contributed by atoms with Crippen LogP contribution in [0.5, 0.6) is 0 Å². The Kier molecular flexibility index (Phi) is 5.58. The van der Waals surface area contributed by atoms with Crippen molar-refractivity contribution in [1.82, 2.24) is 0 Å². The fraction of sp³-hybridized carbons (Fsp3) is 0.231. The van der Waals surface area contributed by atoms with Gasteiger partial charge in [0.05, 0.1) is 7.11 Å². The minimum atomic E-state index is -0.551. The Morgan fingerprint density at radius 3 is 2.56 bits per heavy atom. The van der Waals surface area contributed by atoms with E-state index in [1.54, 1.807) is 12.1 Å². The third-order valence-electron chi connectivity index (χ3n) is 2.20. The van der Waals surface area contributed by atoms with Crippen LogP contribution >= 0.6 is 15.9 Å². The molecule has 0 aliphatic carbocycles. The maximum atomic E-state index is 11.7. The molecule has 0 unspecified atom stereocenters. The van der Waals surface area contributed by atoms with Gasteiger partial charge >= 0.3 is 11.9 Å². The highest BCUT2D eigenvalue weighted by Gasteiger charge is 2.16. The van der Waals surface area contributed by atoms with Crippen molar-refractivity contribution in [3.05, 3.63) is 41.7 Å². The molecular weight excluding hydrogens is 300 g/mol. The lowest BCUT2D eigenvalue weighted by Crippen LogP contribution is -2.07. The zero-order valence-corrected chi connectivity index (χ0v) is 11.7. The van der Waals surface area contributed by atoms with Crippen LogP contribution in [0.1, 0.15) is 18.1 Å². The van der Waals surface area contributed by atoms with Gasteiger partial charge in [-0.15, -0.1) is 0 Å². The van der Waals surface area contributed by atoms with Gasteiger partial charge in [0.1, 0.15) is 11.8 Å². The Morgan fingerprint density at radius 1 is 1.33 bits per heavy atom. The number of carbonyl (C=O) groups excluding carboxylic acids is 2. The number of rotatable bonds is 4. The molecule has 4 nitrogen and oxygen atoms in total. The Bertz CT molecular complexity index is 480. The van der Waals surface area contributed by atoms with Crippen molar-refractivity contribution in [1.29, 1.82) is 0 Å². The molecule has 0 atom stereocenters. The quantitative estimate of drug-likeness (QED) is 0.371. The van der Waals surface area contributed by atoms with Gasteiger partial charge in [0.25, 0.3) is 0 Å². The third-order valence-corrected chi connectivity index (χ3v) is 2.80. The van der Waals surface area contributed by atoms with Gasteiger partial charge in [-0.3, -0.25) is 4.79 Å². The summed E-state index contributed by atoms with van der Waals surface area (Å²) in [7, 11) is 1.28. The smallest absolute Gasteiger partial charge is 0.341 e. The Morgan fingerprint density at radius 2 is 2.00 bits per heavy atom. The molecule has 0 saturated carbocycles. The van der Waals surface area contributed by atoms with E-state index >= 15 is 0 Å². The minimum Gasteiger partial charge on any atom is -0.465 e. The van der Waals surface area contributed by atoms with E-state index in [2.05, 4.69) is 20.7 Å². The first-order valence-electron chi connectivity index (χ1n) is 5.20. The van der Waals surface area contributed by atoms with Crippen LogP contribution in [0.3, 0.4) is 0 Å². The molecule has 0 heterocycles. The summed E-state index contributed by atoms with van der Waals surface area (Å²) in [6.45, 7) is 1.27. The largest absolute Gasteiger partial charge is 0.465 e. The van der Waals surface area contributed by atoms with Gasteiger partial charge in [-0.2, -0.15) is 0 Å². The van der Waals surface area contributed by atoms with Crippen molar-refractivity contribution in [3.63, 3.8) is 0 Å². The van der Waals surface area contributed by atoms with Crippen molar-refractivity contribution in [2.24, 2.45) is 0 Å². The summed E-state index contributed by atoms with van der Waals surface area (Å²) in [4.78, 5) is 22.5. The summed E-state index contributed by atoms with van der Waals surface area (Å²) >= 11 is 3.34. The first-order valence-corrected chi connectivity index (χ1v) is 6.32. The van der Waals surface area contributed by atoms with Gasteiger partial charge in [0.2, 0.25) is 0 Å². The lowest BCUT2D eigenvalue weighted by atomic mass is 10.0. The first-order chi connectivity index (χ1) is 8.60. The van der Waals surface area contributed by atoms with E-state index in [1.165, 1.54) is 14.0 Å². The monoisotopic (exact) mass is 312 g/mol. The van der Waals surface area contributed by atoms with Gasteiger partial charge in [-0.25, -0.2) is 4.79 Å². The summed E-state index contributed by atoms with van der Waals surface area (Å²) in [6, 6.07) is 7.30. The molecule has 1 aromatic rings. The predicted molar refractivity (Wildman–Crippen MR) is 70.8 cm³/mol. The minimum absolute atomic E-state index is 0.211. The molecule has 0 N–H and O–H groups in total. The van der Waals surface area contributed by atoms with E-state index in [-0.39, 0.29) is 5.57 Å². The van der Waals surface area contributed by atoms with Gasteiger partial charge in [0, 0.05) is 12.3 Å². The number of carbonyl (C=O) groups is 2. The number of hydrogen-bond acceptors (Lipinski definition) is 4. The fourth-order valence-corrected chi connectivity index (χ4v) is 1.86. The molecule has 0 aromatic heterocycles. The van der Waals surface area contributed by atoms with Gasteiger partial charge in [-0.1, -0.05) is 40.2 Å². The molecule has 1 aromatic carbocycles. The molecule has 18 heavy (non-hydrogen) atoms. The zero-order chi connectivity index (χ0) is 13.5. The van der Waals surface area contributed by atoms with Crippen molar-refractivity contribution in [2.45, 2.75) is 12.3 Å². The van der Waals surface area contributed by atoms with E-state index in [0.717, 1.165) is 11.8 Å². The van der Waals surface area contributed by atoms with Gasteiger partial charge in [-0.05, 0) is 11.1 Å². The molecule has 96 valence electrons. The average molecular weight is 313 g/mol. The van der Waals surface area contributed by atoms with Crippen LogP contribution in [0.4, 0.5) is 0 Å². The SMILES string of the molecule is COC(=O)C(=COC(C)=O)c1ccccc1CBr. The van der Waals surface area contributed by atoms with Crippen LogP contribution in [0, 0.1) is 0 Å². The molecule has 5 heteroatoms. The molecule has 0 radical (unpaired) electrons. The Balaban J connectivity index is 3.21. The first kappa shape index (κ1) is 14.4. The van der Waals surface area contributed by atoms with E-state index in [4.69, 9.17) is 4.74 Å². The molecule has 1 rings (SSSR count). The number of alkyl halides is 1. The summed E-state index contributed by atoms with van der Waals surface area (Å²) in [6.07, 6.45) is 1.12. The number of hydrogen-bond donors (Lipinski definition) is 0. The summed E-state index contributed by atoms with van der Waals surface area (Å²) in [5.41, 5.74) is 1.78. The Labute approximate surface area is 114 Å². The maximum Gasteiger partial charge on any atom is 0.341 e. The maximum absolute atomic E-state index is 11.7. The van der Waals surface area contributed by atoms with Crippen molar-refractivity contribution in [3.8, 4) is 0 Å². The van der Waals surface area contributed by atoms with Crippen LogP contribution in [-0.4, -0.2) is 19.0 Å². The lowest BCUT2D eigenvalue weighted by molar-refractivity contribution is -0.135. The van der Waals surface area contributed by atoms with E-state index in [9.17, 15) is 9.59 Å². The van der Waals surface area contributed by atoms with Crippen molar-refractivity contribution in [2.75, 3.05) is 7.11 Å². The summed E-state index contributed by atoms with van der Waals surface area (Å²) < 4.78 is 9.45. The molecule has 0 aliphatic rings. The number of methoxy groups -OCH3 is 1. The molecule has 0 bridgehead atoms. The lowest BCUT2D eigenvalue weighted by Gasteiger charge is -2.09. The second-order valence-corrected chi connectivity index (χ2v) is 3.98. The molecule has 0 aliphatic heterocycles. The highest BCUT2D eigenvalue weighted by atomic mass is 79.9. The zero-order valence-electron chi connectivity index (χ0n) is 10.1. The molecule has 0 saturated heterocycles. The highest BCUT2D eigenvalue weighted by molar-refractivity contribution is 9.08. The number of benzene rings is 1. The number of ether oxygens (including phenoxy) is 2. The van der Waals surface area contributed by atoms with Crippen LogP contribution in [0.15, 0.2) is 30.5 Å². The van der Waals surface area contributed by atoms with Crippen LogP contribution in [-0.2, 0) is 24.4 Å². The van der Waals surface area contributed by atoms with Gasteiger partial charge in [0.15, 0.2) is 0 Å². The standard InChI is InChI=1S/C13H13BrO4/c1-9(15)18-8-12(13(16)17-2)11-6-4-3-5-10(11)7-14/h3-6,8H,7H2,1-2H3. The fourth-order valence-electron chi connectivity index (χ4n) is 1.37. The third kappa shape index (κ3) is 3.70. The van der Waals surface area contributed by atoms with Crippen molar-refractivity contribution < 1.29 is 19.1 Å². The highest BCUT2D eigenvalue weighted by Crippen LogP contribution is 2.22. The topological polar surface area (TPSA) is 52.6 Å². The van der Waals surface area contributed by atoms with E-state index in [0.29, 0.717) is 10.9 Å². The average Bonchev–Trinajstić information content (AvgIpc) is 2.38. The molecule has 0 amide bonds. The molecule has 0 fully saturated rings. The summed E-state index contributed by atoms with van der Waals surface area (Å²) in [5, 5.41) is 0.581. The second kappa shape index (κ2) is 6.96. The van der Waals surface area contributed by atoms with E-state index < -0.39 is 11.9 Å². The van der Waals surface area contributed by atoms with Crippen LogP contribution < -0.4 is 0 Å². The normalized spacial score (nSPS) is 10.9. The van der Waals surface area contributed by atoms with Gasteiger partial charge < -0.3 is 9.47 Å². The molecular formula is C13H13BrO4. The van der Waals surface area contributed by atoms with Crippen molar-refractivity contribution >= 4 is 33.4 Å². The number of esters is 2. The second-order valence-electron chi connectivity index (χ2n) is 3.42. The summed E-state index contributed by atoms with van der Waals surface area (Å²) in [5.74, 6) is -1.04. The Hall–Kier alpha value is -1.62.